The van der Waals surface area contributed by atoms with Gasteiger partial charge in [-0.15, -0.1) is 0 Å². The molecule has 0 aliphatic carbocycles. The van der Waals surface area contributed by atoms with Gasteiger partial charge in [0.2, 0.25) is 0 Å². The van der Waals surface area contributed by atoms with Crippen molar-refractivity contribution in [1.82, 2.24) is 0 Å². The molecule has 0 aromatic rings. The molecule has 89 heavy (non-hydrogen) atoms. The minimum absolute atomic E-state index is 0.105. The Morgan fingerprint density at radius 1 is 0.315 bits per heavy atom. The Bertz CT molecular complexity index is 1770. The number of unbranched alkanes of at least 4 members (excludes halogenated alkanes) is 32. The molecule has 0 fully saturated rings. The molecule has 0 aliphatic rings. The van der Waals surface area contributed by atoms with Gasteiger partial charge < -0.3 is 33.8 Å². The lowest BCUT2D eigenvalue weighted by atomic mass is 10.00. The second kappa shape index (κ2) is 59.8. The minimum Gasteiger partial charge on any atom is -0.462 e. The second-order valence-corrected chi connectivity index (χ2v) is 29.8. The van der Waals surface area contributed by atoms with Crippen LogP contribution < -0.4 is 0 Å². The van der Waals surface area contributed by atoms with Crippen LogP contribution >= 0.6 is 15.6 Å². The van der Waals surface area contributed by atoms with Gasteiger partial charge in [-0.05, 0) is 49.4 Å². The molecule has 0 rings (SSSR count). The molecule has 3 N–H and O–H groups in total. The summed E-state index contributed by atoms with van der Waals surface area (Å²) >= 11 is 0. The van der Waals surface area contributed by atoms with Gasteiger partial charge in [-0.3, -0.25) is 37.3 Å². The zero-order valence-corrected chi connectivity index (χ0v) is 59.8. The minimum atomic E-state index is -4.95. The third-order valence-electron chi connectivity index (χ3n) is 16.4. The fraction of sp³-hybridized carbons (Fsp3) is 0.943. The van der Waals surface area contributed by atoms with Gasteiger partial charge in [0.25, 0.3) is 0 Å². The highest BCUT2D eigenvalue weighted by atomic mass is 31.2. The highest BCUT2D eigenvalue weighted by Crippen LogP contribution is 2.45. The standard InChI is InChI=1S/C70H136O17P2/c1-9-63(8)49-41-33-27-29-35-43-51-68(73)81-57-66(87-70(75)53-45-37-25-21-17-13-11-15-19-23-31-39-47-61(4)5)59-85-89(78,79)83-55-64(71)54-82-88(76,77)84-58-65(56-80-67(72)50-42-34-28-26-32-40-48-62(6)7)86-69(74)52-44-36-24-20-16-12-10-14-18-22-30-38-46-60(2)3/h60-66,71H,9-59H2,1-8H3,(H,76,77)(H,78,79)/t63?,64-,65+,66+/m0/s1. The number of hydrogen-bond acceptors (Lipinski definition) is 15. The zero-order chi connectivity index (χ0) is 66.1. The number of esters is 4. The first kappa shape index (κ1) is 87.1. The number of hydrogen-bond donors (Lipinski definition) is 3. The van der Waals surface area contributed by atoms with E-state index < -0.39 is 97.5 Å². The van der Waals surface area contributed by atoms with E-state index in [1.807, 2.05) is 0 Å². The maximum absolute atomic E-state index is 13.0. The van der Waals surface area contributed by atoms with Gasteiger partial charge in [-0.25, -0.2) is 9.13 Å². The predicted molar refractivity (Wildman–Crippen MR) is 358 cm³/mol. The Morgan fingerprint density at radius 2 is 0.539 bits per heavy atom. The van der Waals surface area contributed by atoms with E-state index in [0.29, 0.717) is 31.6 Å². The van der Waals surface area contributed by atoms with Gasteiger partial charge in [0.15, 0.2) is 12.2 Å². The maximum Gasteiger partial charge on any atom is 0.472 e. The molecule has 0 spiro atoms. The summed E-state index contributed by atoms with van der Waals surface area (Å²) in [6.07, 6.45) is 41.8. The smallest absolute Gasteiger partial charge is 0.462 e. The topological polar surface area (TPSA) is 237 Å². The number of phosphoric acid groups is 2. The summed E-state index contributed by atoms with van der Waals surface area (Å²) in [5, 5.41) is 10.6. The molecule has 17 nitrogen and oxygen atoms in total. The second-order valence-electron chi connectivity index (χ2n) is 26.9. The first-order valence-electron chi connectivity index (χ1n) is 36.2. The monoisotopic (exact) mass is 1310 g/mol. The zero-order valence-electron chi connectivity index (χ0n) is 58.1. The van der Waals surface area contributed by atoms with Crippen LogP contribution in [0.25, 0.3) is 0 Å². The predicted octanol–water partition coefficient (Wildman–Crippen LogP) is 19.7. The molecular formula is C70H136O17P2. The van der Waals surface area contributed by atoms with Crippen molar-refractivity contribution in [1.29, 1.82) is 0 Å². The van der Waals surface area contributed by atoms with Crippen molar-refractivity contribution in [3.05, 3.63) is 0 Å². The van der Waals surface area contributed by atoms with Crippen molar-refractivity contribution >= 4 is 39.5 Å². The van der Waals surface area contributed by atoms with E-state index in [1.165, 1.54) is 135 Å². The van der Waals surface area contributed by atoms with Crippen LogP contribution in [-0.4, -0.2) is 96.7 Å². The van der Waals surface area contributed by atoms with Gasteiger partial charge >= 0.3 is 39.5 Å². The molecule has 3 unspecified atom stereocenters. The van der Waals surface area contributed by atoms with Crippen LogP contribution in [0.1, 0.15) is 344 Å². The van der Waals surface area contributed by atoms with Crippen molar-refractivity contribution in [3.8, 4) is 0 Å². The molecule has 528 valence electrons. The Kier molecular flexibility index (Phi) is 58.5. The van der Waals surface area contributed by atoms with Crippen LogP contribution in [0.5, 0.6) is 0 Å². The Hall–Kier alpha value is -1.94. The van der Waals surface area contributed by atoms with Gasteiger partial charge in [-0.1, -0.05) is 293 Å². The van der Waals surface area contributed by atoms with E-state index >= 15 is 0 Å². The average Bonchev–Trinajstić information content (AvgIpc) is 3.67. The van der Waals surface area contributed by atoms with Gasteiger partial charge in [0.1, 0.15) is 19.3 Å². The van der Waals surface area contributed by atoms with E-state index in [9.17, 15) is 43.2 Å². The number of phosphoric ester groups is 2. The van der Waals surface area contributed by atoms with E-state index in [0.717, 1.165) is 120 Å². The van der Waals surface area contributed by atoms with Crippen molar-refractivity contribution in [2.24, 2.45) is 23.7 Å². The summed E-state index contributed by atoms with van der Waals surface area (Å²) in [6, 6.07) is 0. The highest BCUT2D eigenvalue weighted by molar-refractivity contribution is 7.47. The number of rotatable bonds is 67. The molecule has 0 aliphatic heterocycles. The largest absolute Gasteiger partial charge is 0.472 e. The summed E-state index contributed by atoms with van der Waals surface area (Å²) in [5.74, 6) is 0.832. The molecule has 0 radical (unpaired) electrons. The number of carbonyl (C=O) groups is 4. The Balaban J connectivity index is 5.24. The molecule has 0 heterocycles. The molecule has 19 heteroatoms. The third kappa shape index (κ3) is 63.2. The van der Waals surface area contributed by atoms with Crippen LogP contribution in [-0.2, 0) is 65.4 Å². The van der Waals surface area contributed by atoms with Gasteiger partial charge in [0, 0.05) is 25.7 Å². The van der Waals surface area contributed by atoms with Crippen molar-refractivity contribution in [3.63, 3.8) is 0 Å². The Morgan fingerprint density at radius 3 is 0.798 bits per heavy atom. The molecule has 0 saturated carbocycles. The van der Waals surface area contributed by atoms with Crippen LogP contribution in [0, 0.1) is 23.7 Å². The SMILES string of the molecule is CCC(C)CCCCCCCCC(=O)OC[C@H](COP(=O)(O)OC[C@@H](O)COP(=O)(O)OC[C@@H](COC(=O)CCCCCCCCC(C)C)OC(=O)CCCCCCCCCCCCCCC(C)C)OC(=O)CCCCCCCCCCCCCCC(C)C. The van der Waals surface area contributed by atoms with Crippen LogP contribution in [0.15, 0.2) is 0 Å². The summed E-state index contributed by atoms with van der Waals surface area (Å²) in [7, 11) is -9.90. The summed E-state index contributed by atoms with van der Waals surface area (Å²) in [4.78, 5) is 72.5. The van der Waals surface area contributed by atoms with Crippen molar-refractivity contribution < 1.29 is 80.2 Å². The first-order valence-corrected chi connectivity index (χ1v) is 39.2. The lowest BCUT2D eigenvalue weighted by Gasteiger charge is -2.21. The van der Waals surface area contributed by atoms with E-state index in [2.05, 4.69) is 55.4 Å². The van der Waals surface area contributed by atoms with Crippen molar-refractivity contribution in [2.45, 2.75) is 363 Å². The molecule has 0 aromatic carbocycles. The third-order valence-corrected chi connectivity index (χ3v) is 18.3. The summed E-state index contributed by atoms with van der Waals surface area (Å²) < 4.78 is 68.2. The number of carbonyl (C=O) groups excluding carboxylic acids is 4. The molecule has 6 atom stereocenters. The first-order chi connectivity index (χ1) is 42.6. The molecule has 0 aromatic heterocycles. The summed E-state index contributed by atoms with van der Waals surface area (Å²) in [6.45, 7) is 14.0. The lowest BCUT2D eigenvalue weighted by Crippen LogP contribution is -2.30. The van der Waals surface area contributed by atoms with Crippen LogP contribution in [0.4, 0.5) is 0 Å². The number of aliphatic hydroxyl groups excluding tert-OH is 1. The van der Waals surface area contributed by atoms with E-state index in [-0.39, 0.29) is 25.7 Å². The van der Waals surface area contributed by atoms with E-state index in [4.69, 9.17) is 37.0 Å². The lowest BCUT2D eigenvalue weighted by molar-refractivity contribution is -0.161. The van der Waals surface area contributed by atoms with Crippen LogP contribution in [0.2, 0.25) is 0 Å². The fourth-order valence-corrected chi connectivity index (χ4v) is 12.0. The van der Waals surface area contributed by atoms with E-state index in [1.54, 1.807) is 0 Å². The van der Waals surface area contributed by atoms with Crippen molar-refractivity contribution in [2.75, 3.05) is 39.6 Å². The molecular weight excluding hydrogens is 1170 g/mol. The molecule has 0 bridgehead atoms. The molecule has 0 saturated heterocycles. The highest BCUT2D eigenvalue weighted by Gasteiger charge is 2.30. The van der Waals surface area contributed by atoms with Gasteiger partial charge in [-0.2, -0.15) is 0 Å². The molecule has 0 amide bonds. The fourth-order valence-electron chi connectivity index (χ4n) is 10.5. The number of ether oxygens (including phenoxy) is 4. The average molecular weight is 1310 g/mol. The summed E-state index contributed by atoms with van der Waals surface area (Å²) in [5.41, 5.74) is 0. The van der Waals surface area contributed by atoms with Crippen LogP contribution in [0.3, 0.4) is 0 Å². The number of aliphatic hydroxyl groups is 1. The quantitative estimate of drug-likeness (QED) is 0.0222. The maximum atomic E-state index is 13.0. The normalized spacial score (nSPS) is 14.6. The van der Waals surface area contributed by atoms with Gasteiger partial charge in [0.05, 0.1) is 26.4 Å². The Labute approximate surface area is 543 Å².